The lowest BCUT2D eigenvalue weighted by Crippen LogP contribution is -2.41. The lowest BCUT2D eigenvalue weighted by Gasteiger charge is -2.23. The fraction of sp³-hybridized carbons (Fsp3) is 0.130. The maximum atomic E-state index is 13.2. The first-order valence-corrected chi connectivity index (χ1v) is 9.05. The molecular weight excluding hydrogens is 352 g/mol. The second kappa shape index (κ2) is 6.94. The van der Waals surface area contributed by atoms with Gasteiger partial charge in [-0.15, -0.1) is 0 Å². The molecule has 1 aliphatic rings. The summed E-state index contributed by atoms with van der Waals surface area (Å²) in [5, 5.41) is 11.3. The number of nitrogens with zero attached hydrogens (tertiary/aromatic N) is 1. The Bertz CT molecular complexity index is 1050. The number of nitrogen functional groups attached to an aromatic ring is 1. The van der Waals surface area contributed by atoms with Crippen molar-refractivity contribution in [2.75, 3.05) is 10.6 Å². The van der Waals surface area contributed by atoms with Crippen LogP contribution in [-0.2, 0) is 16.9 Å². The van der Waals surface area contributed by atoms with E-state index in [2.05, 4.69) is 0 Å². The van der Waals surface area contributed by atoms with Crippen LogP contribution in [-0.4, -0.2) is 16.8 Å². The zero-order valence-electron chi connectivity index (χ0n) is 15.2. The fourth-order valence-electron chi connectivity index (χ4n) is 3.65. The third kappa shape index (κ3) is 3.06. The van der Waals surface area contributed by atoms with Gasteiger partial charge in [0.05, 0.1) is 18.7 Å². The highest BCUT2D eigenvalue weighted by atomic mass is 16.3. The average Bonchev–Trinajstić information content (AvgIpc) is 2.91. The van der Waals surface area contributed by atoms with Crippen LogP contribution in [0.1, 0.15) is 27.9 Å². The van der Waals surface area contributed by atoms with E-state index in [1.54, 1.807) is 42.5 Å². The lowest BCUT2D eigenvalue weighted by molar-refractivity contribution is -0.136. The molecule has 0 saturated heterocycles. The van der Waals surface area contributed by atoms with E-state index in [0.29, 0.717) is 29.0 Å². The smallest absolute Gasteiger partial charge is 0.264 e. The summed E-state index contributed by atoms with van der Waals surface area (Å²) in [6.45, 7) is 0.325. The molecule has 0 bridgehead atoms. The predicted octanol–water partition coefficient (Wildman–Crippen LogP) is 3.28. The molecule has 28 heavy (non-hydrogen) atoms. The van der Waals surface area contributed by atoms with Gasteiger partial charge in [0, 0.05) is 16.8 Å². The average molecular weight is 372 g/mol. The molecule has 3 aromatic rings. The summed E-state index contributed by atoms with van der Waals surface area (Å²) in [7, 11) is 0. The number of anilines is 2. The molecule has 0 radical (unpaired) electrons. The molecule has 3 N–H and O–H groups in total. The molecule has 0 aromatic heterocycles. The summed E-state index contributed by atoms with van der Waals surface area (Å²) in [5.74, 6) is -0.825. The molecule has 1 atom stereocenters. The largest absolute Gasteiger partial charge is 0.399 e. The standard InChI is InChI=1S/C23H20N2O3/c24-18-10-6-9-17(13-18)21(26)14-23(28)19-11-4-5-12-20(19)25(22(23)27)15-16-7-2-1-3-8-16/h1-13,28H,14-15,24H2/t23-/m1/s1. The number of carbonyl (C=O) groups excluding carboxylic acids is 2. The molecule has 4 rings (SSSR count). The predicted molar refractivity (Wildman–Crippen MR) is 108 cm³/mol. The monoisotopic (exact) mass is 372 g/mol. The van der Waals surface area contributed by atoms with E-state index in [-0.39, 0.29) is 12.2 Å². The Morgan fingerprint density at radius 1 is 0.964 bits per heavy atom. The SMILES string of the molecule is Nc1cccc(C(=O)C[C@]2(O)C(=O)N(Cc3ccccc3)c3ccccc32)c1. The molecule has 3 aromatic carbocycles. The van der Waals surface area contributed by atoms with Crippen LogP contribution in [0, 0.1) is 0 Å². The van der Waals surface area contributed by atoms with Gasteiger partial charge >= 0.3 is 0 Å². The minimum atomic E-state index is -1.90. The normalized spacial score (nSPS) is 18.2. The van der Waals surface area contributed by atoms with E-state index in [9.17, 15) is 14.7 Å². The van der Waals surface area contributed by atoms with Gasteiger partial charge in [0.2, 0.25) is 0 Å². The number of aliphatic hydroxyl groups is 1. The van der Waals surface area contributed by atoms with Gasteiger partial charge < -0.3 is 15.7 Å². The molecule has 5 heteroatoms. The Balaban J connectivity index is 1.68. The number of nitrogens with two attached hydrogens (primary N) is 1. The summed E-state index contributed by atoms with van der Waals surface area (Å²) in [6, 6.07) is 23.2. The second-order valence-corrected chi connectivity index (χ2v) is 6.98. The van der Waals surface area contributed by atoms with Crippen LogP contribution in [0.15, 0.2) is 78.9 Å². The van der Waals surface area contributed by atoms with Crippen molar-refractivity contribution in [1.29, 1.82) is 0 Å². The zero-order valence-corrected chi connectivity index (χ0v) is 15.2. The van der Waals surface area contributed by atoms with E-state index in [1.807, 2.05) is 36.4 Å². The van der Waals surface area contributed by atoms with Crippen molar-refractivity contribution in [2.45, 2.75) is 18.6 Å². The highest BCUT2D eigenvalue weighted by molar-refractivity contribution is 6.10. The lowest BCUT2D eigenvalue weighted by atomic mass is 9.88. The molecule has 1 aliphatic heterocycles. The van der Waals surface area contributed by atoms with Crippen LogP contribution in [0.3, 0.4) is 0 Å². The van der Waals surface area contributed by atoms with E-state index in [4.69, 9.17) is 5.73 Å². The number of rotatable bonds is 5. The van der Waals surface area contributed by atoms with Crippen molar-refractivity contribution in [2.24, 2.45) is 0 Å². The minimum Gasteiger partial charge on any atom is -0.399 e. The molecular formula is C23H20N2O3. The van der Waals surface area contributed by atoms with Gasteiger partial charge in [-0.05, 0) is 23.8 Å². The molecule has 5 nitrogen and oxygen atoms in total. The Hall–Kier alpha value is -3.44. The van der Waals surface area contributed by atoms with Crippen molar-refractivity contribution in [3.63, 3.8) is 0 Å². The molecule has 140 valence electrons. The Morgan fingerprint density at radius 2 is 1.68 bits per heavy atom. The van der Waals surface area contributed by atoms with Crippen LogP contribution in [0.5, 0.6) is 0 Å². The number of hydrogen-bond acceptors (Lipinski definition) is 4. The molecule has 0 spiro atoms. The Morgan fingerprint density at radius 3 is 2.43 bits per heavy atom. The van der Waals surface area contributed by atoms with Crippen molar-refractivity contribution >= 4 is 23.1 Å². The molecule has 0 saturated carbocycles. The van der Waals surface area contributed by atoms with E-state index >= 15 is 0 Å². The van der Waals surface area contributed by atoms with Crippen molar-refractivity contribution < 1.29 is 14.7 Å². The van der Waals surface area contributed by atoms with E-state index in [1.165, 1.54) is 4.90 Å². The summed E-state index contributed by atoms with van der Waals surface area (Å²) >= 11 is 0. The van der Waals surface area contributed by atoms with Gasteiger partial charge in [-0.2, -0.15) is 0 Å². The third-order valence-electron chi connectivity index (χ3n) is 5.05. The second-order valence-electron chi connectivity index (χ2n) is 6.98. The number of ketones is 1. The third-order valence-corrected chi connectivity index (χ3v) is 5.05. The van der Waals surface area contributed by atoms with Gasteiger partial charge in [-0.3, -0.25) is 9.59 Å². The van der Waals surface area contributed by atoms with Crippen molar-refractivity contribution in [3.05, 3.63) is 95.6 Å². The Labute approximate surface area is 163 Å². The first kappa shape index (κ1) is 17.9. The molecule has 0 aliphatic carbocycles. The molecule has 1 amide bonds. The number of Topliss-reactive ketones (excluding diaryl/α,β-unsaturated/α-hetero) is 1. The molecule has 1 heterocycles. The van der Waals surface area contributed by atoms with E-state index < -0.39 is 11.5 Å². The van der Waals surface area contributed by atoms with Gasteiger partial charge in [0.1, 0.15) is 0 Å². The highest BCUT2D eigenvalue weighted by Crippen LogP contribution is 2.43. The number of fused-ring (bicyclic) bond motifs is 1. The maximum absolute atomic E-state index is 13.2. The number of hydrogen-bond donors (Lipinski definition) is 2. The van der Waals surface area contributed by atoms with Gasteiger partial charge in [0.15, 0.2) is 11.4 Å². The molecule has 0 fully saturated rings. The summed E-state index contributed by atoms with van der Waals surface area (Å²) in [6.07, 6.45) is -0.336. The summed E-state index contributed by atoms with van der Waals surface area (Å²) < 4.78 is 0. The van der Waals surface area contributed by atoms with Gasteiger partial charge in [0.25, 0.3) is 5.91 Å². The number of carbonyl (C=O) groups is 2. The molecule has 0 unspecified atom stereocenters. The number of amides is 1. The highest BCUT2D eigenvalue weighted by Gasteiger charge is 2.50. The van der Waals surface area contributed by atoms with Crippen LogP contribution in [0.25, 0.3) is 0 Å². The quantitative estimate of drug-likeness (QED) is 0.532. The Kier molecular flexibility index (Phi) is 4.45. The van der Waals surface area contributed by atoms with Crippen LogP contribution >= 0.6 is 0 Å². The summed E-state index contributed by atoms with van der Waals surface area (Å²) in [5.41, 5.74) is 6.72. The fourth-order valence-corrected chi connectivity index (χ4v) is 3.65. The first-order chi connectivity index (χ1) is 13.5. The zero-order chi connectivity index (χ0) is 19.7. The van der Waals surface area contributed by atoms with Gasteiger partial charge in [-0.25, -0.2) is 0 Å². The van der Waals surface area contributed by atoms with Crippen LogP contribution < -0.4 is 10.6 Å². The van der Waals surface area contributed by atoms with Crippen molar-refractivity contribution in [3.8, 4) is 0 Å². The van der Waals surface area contributed by atoms with Crippen molar-refractivity contribution in [1.82, 2.24) is 0 Å². The van der Waals surface area contributed by atoms with E-state index in [0.717, 1.165) is 5.56 Å². The number of para-hydroxylation sites is 1. The maximum Gasteiger partial charge on any atom is 0.264 e. The van der Waals surface area contributed by atoms with Gasteiger partial charge in [-0.1, -0.05) is 60.7 Å². The van der Waals surface area contributed by atoms with Crippen LogP contribution in [0.2, 0.25) is 0 Å². The summed E-state index contributed by atoms with van der Waals surface area (Å²) in [4.78, 5) is 27.6. The van der Waals surface area contributed by atoms with Crippen LogP contribution in [0.4, 0.5) is 11.4 Å². The topological polar surface area (TPSA) is 83.6 Å². The number of benzene rings is 3. The minimum absolute atomic E-state index is 0.325. The first-order valence-electron chi connectivity index (χ1n) is 9.05.